The molecule has 20 heavy (non-hydrogen) atoms. The van der Waals surface area contributed by atoms with Crippen LogP contribution in [0.4, 0.5) is 0 Å². The molecule has 0 aromatic heterocycles. The summed E-state index contributed by atoms with van der Waals surface area (Å²) < 4.78 is 0. The van der Waals surface area contributed by atoms with Gasteiger partial charge in [-0.25, -0.2) is 0 Å². The molecule has 1 saturated carbocycles. The van der Waals surface area contributed by atoms with Gasteiger partial charge in [-0.05, 0) is 37.3 Å². The van der Waals surface area contributed by atoms with Crippen molar-refractivity contribution in [3.63, 3.8) is 0 Å². The van der Waals surface area contributed by atoms with E-state index in [0.717, 1.165) is 12.8 Å². The van der Waals surface area contributed by atoms with Crippen molar-refractivity contribution in [2.45, 2.75) is 77.6 Å². The van der Waals surface area contributed by atoms with Crippen LogP contribution in [0.2, 0.25) is 0 Å². The molecule has 114 valence electrons. The molecular weight excluding hydrogens is 248 g/mol. The highest BCUT2D eigenvalue weighted by molar-refractivity contribution is 5.73. The molecule has 1 rings (SSSR count). The number of rotatable bonds is 12. The Morgan fingerprint density at radius 2 is 1.70 bits per heavy atom. The van der Waals surface area contributed by atoms with Gasteiger partial charge in [0, 0.05) is 0 Å². The van der Waals surface area contributed by atoms with Crippen molar-refractivity contribution in [1.82, 2.24) is 0 Å². The van der Waals surface area contributed by atoms with Gasteiger partial charge in [0.2, 0.25) is 0 Å². The smallest absolute Gasteiger partial charge is 0.307 e. The van der Waals surface area contributed by atoms with E-state index in [4.69, 9.17) is 5.11 Å². The Labute approximate surface area is 124 Å². The number of carboxylic acids is 1. The first kappa shape index (κ1) is 17.0. The SMILES string of the molecule is CCCCCCCCCCCC=C=C[C@H]1C[C@@H]1C(=O)O. The molecule has 2 heteroatoms. The van der Waals surface area contributed by atoms with E-state index in [9.17, 15) is 4.79 Å². The van der Waals surface area contributed by atoms with E-state index in [2.05, 4.69) is 18.7 Å². The molecule has 0 aromatic rings. The van der Waals surface area contributed by atoms with Crippen LogP contribution in [-0.2, 0) is 4.79 Å². The minimum atomic E-state index is -0.660. The van der Waals surface area contributed by atoms with Crippen LogP contribution in [-0.4, -0.2) is 11.1 Å². The zero-order valence-electron chi connectivity index (χ0n) is 12.9. The van der Waals surface area contributed by atoms with E-state index in [1.807, 2.05) is 6.08 Å². The summed E-state index contributed by atoms with van der Waals surface area (Å²) in [6.07, 6.45) is 18.1. The van der Waals surface area contributed by atoms with Crippen molar-refractivity contribution in [1.29, 1.82) is 0 Å². The van der Waals surface area contributed by atoms with Crippen molar-refractivity contribution in [3.8, 4) is 0 Å². The monoisotopic (exact) mass is 278 g/mol. The van der Waals surface area contributed by atoms with Gasteiger partial charge >= 0.3 is 5.97 Å². The Morgan fingerprint density at radius 3 is 2.25 bits per heavy atom. The van der Waals surface area contributed by atoms with Gasteiger partial charge in [-0.3, -0.25) is 4.79 Å². The predicted molar refractivity (Wildman–Crippen MR) is 83.7 cm³/mol. The first-order chi connectivity index (χ1) is 9.75. The van der Waals surface area contributed by atoms with Crippen molar-refractivity contribution < 1.29 is 9.90 Å². The second-order valence-corrected chi connectivity index (χ2v) is 6.00. The van der Waals surface area contributed by atoms with Crippen LogP contribution >= 0.6 is 0 Å². The third-order valence-electron chi connectivity index (χ3n) is 4.04. The topological polar surface area (TPSA) is 37.3 Å². The molecule has 0 aromatic carbocycles. The summed E-state index contributed by atoms with van der Waals surface area (Å²) in [5.74, 6) is -0.553. The maximum Gasteiger partial charge on any atom is 0.307 e. The molecule has 0 heterocycles. The molecule has 0 saturated heterocycles. The number of aliphatic carboxylic acids is 1. The number of carbonyl (C=O) groups is 1. The van der Waals surface area contributed by atoms with Gasteiger partial charge < -0.3 is 5.11 Å². The van der Waals surface area contributed by atoms with E-state index < -0.39 is 5.97 Å². The predicted octanol–water partition coefficient (Wildman–Crippen LogP) is 5.34. The van der Waals surface area contributed by atoms with Gasteiger partial charge in [-0.2, -0.15) is 0 Å². The van der Waals surface area contributed by atoms with Crippen LogP contribution < -0.4 is 0 Å². The van der Waals surface area contributed by atoms with Crippen LogP contribution in [0.3, 0.4) is 0 Å². The Morgan fingerprint density at radius 1 is 1.10 bits per heavy atom. The fraction of sp³-hybridized carbons (Fsp3) is 0.778. The number of hydrogen-bond donors (Lipinski definition) is 1. The number of unbranched alkanes of at least 4 members (excludes halogenated alkanes) is 9. The number of allylic oxidation sites excluding steroid dienone is 1. The van der Waals surface area contributed by atoms with Gasteiger partial charge in [0.05, 0.1) is 5.92 Å². The molecule has 1 fully saturated rings. The quantitative estimate of drug-likeness (QED) is 0.386. The van der Waals surface area contributed by atoms with Crippen LogP contribution in [0.25, 0.3) is 0 Å². The first-order valence-electron chi connectivity index (χ1n) is 8.39. The molecule has 0 radical (unpaired) electrons. The minimum absolute atomic E-state index is 0.136. The van der Waals surface area contributed by atoms with Gasteiger partial charge in [0.1, 0.15) is 0 Å². The van der Waals surface area contributed by atoms with E-state index >= 15 is 0 Å². The zero-order chi connectivity index (χ0) is 14.6. The van der Waals surface area contributed by atoms with Gasteiger partial charge in [0.15, 0.2) is 0 Å². The largest absolute Gasteiger partial charge is 0.481 e. The molecule has 0 aliphatic heterocycles. The molecule has 0 spiro atoms. The van der Waals surface area contributed by atoms with E-state index in [1.54, 1.807) is 0 Å². The fourth-order valence-electron chi connectivity index (χ4n) is 2.51. The van der Waals surface area contributed by atoms with Crippen LogP contribution in [0.5, 0.6) is 0 Å². The standard InChI is InChI=1S/C18H30O2/c1-2-3-4-5-6-7-8-9-10-11-12-13-14-16-15-17(16)18(19)20/h12,14,16-17H,2-11,15H2,1H3,(H,19,20)/t13?,16-,17-/m0/s1. The maximum absolute atomic E-state index is 10.6. The lowest BCUT2D eigenvalue weighted by Crippen LogP contribution is -1.97. The van der Waals surface area contributed by atoms with E-state index in [1.165, 1.54) is 57.8 Å². The fourth-order valence-corrected chi connectivity index (χ4v) is 2.51. The van der Waals surface area contributed by atoms with Gasteiger partial charge in [-0.15, -0.1) is 5.73 Å². The maximum atomic E-state index is 10.6. The third-order valence-corrected chi connectivity index (χ3v) is 4.04. The average molecular weight is 278 g/mol. The Bertz CT molecular complexity index is 326. The second-order valence-electron chi connectivity index (χ2n) is 6.00. The summed E-state index contributed by atoms with van der Waals surface area (Å²) in [6, 6.07) is 0. The molecule has 2 nitrogen and oxygen atoms in total. The molecule has 0 amide bonds. The third kappa shape index (κ3) is 8.22. The summed E-state index contributed by atoms with van der Waals surface area (Å²) >= 11 is 0. The number of carboxylic acid groups (broad SMARTS) is 1. The van der Waals surface area contributed by atoms with Crippen molar-refractivity contribution in [2.75, 3.05) is 0 Å². The summed E-state index contributed by atoms with van der Waals surface area (Å²) in [6.45, 7) is 2.26. The zero-order valence-corrected chi connectivity index (χ0v) is 12.9. The van der Waals surface area contributed by atoms with Gasteiger partial charge in [0.25, 0.3) is 0 Å². The Kier molecular flexibility index (Phi) is 9.15. The molecular formula is C18H30O2. The van der Waals surface area contributed by atoms with Gasteiger partial charge in [-0.1, -0.05) is 58.3 Å². The van der Waals surface area contributed by atoms with Crippen LogP contribution in [0.1, 0.15) is 77.6 Å². The lowest BCUT2D eigenvalue weighted by Gasteiger charge is -2.00. The van der Waals surface area contributed by atoms with Crippen molar-refractivity contribution in [2.24, 2.45) is 11.8 Å². The highest BCUT2D eigenvalue weighted by Crippen LogP contribution is 2.39. The van der Waals surface area contributed by atoms with E-state index in [-0.39, 0.29) is 11.8 Å². The summed E-state index contributed by atoms with van der Waals surface area (Å²) in [5.41, 5.74) is 3.14. The molecule has 1 aliphatic carbocycles. The van der Waals surface area contributed by atoms with E-state index in [0.29, 0.717) is 0 Å². The average Bonchev–Trinajstić information content (AvgIpc) is 3.20. The molecule has 2 atom stereocenters. The van der Waals surface area contributed by atoms with Crippen molar-refractivity contribution in [3.05, 3.63) is 17.9 Å². The first-order valence-corrected chi connectivity index (χ1v) is 8.39. The lowest BCUT2D eigenvalue weighted by molar-refractivity contribution is -0.138. The highest BCUT2D eigenvalue weighted by atomic mass is 16.4. The summed E-state index contributed by atoms with van der Waals surface area (Å²) in [5, 5.41) is 8.76. The molecule has 0 unspecified atom stereocenters. The Hall–Kier alpha value is -1.01. The normalized spacial score (nSPS) is 20.2. The van der Waals surface area contributed by atoms with Crippen molar-refractivity contribution >= 4 is 5.97 Å². The van der Waals surface area contributed by atoms with Crippen LogP contribution in [0, 0.1) is 11.8 Å². The lowest BCUT2D eigenvalue weighted by atomic mass is 10.1. The molecule has 1 aliphatic rings. The highest BCUT2D eigenvalue weighted by Gasteiger charge is 2.41. The summed E-state index contributed by atoms with van der Waals surface area (Å²) in [4.78, 5) is 10.6. The molecule has 0 bridgehead atoms. The Balaban J connectivity index is 1.85. The molecule has 1 N–H and O–H groups in total. The second kappa shape index (κ2) is 10.7. The van der Waals surface area contributed by atoms with Crippen LogP contribution in [0.15, 0.2) is 17.9 Å². The number of hydrogen-bond acceptors (Lipinski definition) is 1. The summed E-state index contributed by atoms with van der Waals surface area (Å²) in [7, 11) is 0. The minimum Gasteiger partial charge on any atom is -0.481 e.